The second-order valence-electron chi connectivity index (χ2n) is 6.21. The van der Waals surface area contributed by atoms with Crippen LogP contribution in [0.1, 0.15) is 29.8 Å². The summed E-state index contributed by atoms with van der Waals surface area (Å²) in [5.41, 5.74) is 1.12. The Morgan fingerprint density at radius 2 is 1.69 bits per heavy atom. The lowest BCUT2D eigenvalue weighted by molar-refractivity contribution is -0.192. The highest BCUT2D eigenvalue weighted by Gasteiger charge is 2.38. The summed E-state index contributed by atoms with van der Waals surface area (Å²) >= 11 is 0. The maximum absolute atomic E-state index is 11.7. The number of aliphatic carboxylic acids is 1. The smallest absolute Gasteiger partial charge is 0.478 e. The molecular weight excluding hydrogens is 455 g/mol. The minimum absolute atomic E-state index is 0.0471. The Hall–Kier alpha value is -3.35. The first-order valence-corrected chi connectivity index (χ1v) is 10.8. The average molecular weight is 477 g/mol. The number of anilines is 2. The molecule has 0 amide bonds. The molecule has 0 radical (unpaired) electrons. The van der Waals surface area contributed by atoms with Gasteiger partial charge in [0.2, 0.25) is 10.0 Å². The largest absolute Gasteiger partial charge is 0.490 e. The van der Waals surface area contributed by atoms with Gasteiger partial charge in [0.25, 0.3) is 0 Å². The molecular formula is C19H22F3N3O6S. The minimum atomic E-state index is -5.08. The lowest BCUT2D eigenvalue weighted by atomic mass is 10.2. The van der Waals surface area contributed by atoms with Gasteiger partial charge in [-0.25, -0.2) is 23.0 Å². The zero-order valence-corrected chi connectivity index (χ0v) is 17.9. The molecule has 0 atom stereocenters. The van der Waals surface area contributed by atoms with E-state index in [9.17, 15) is 31.5 Å². The van der Waals surface area contributed by atoms with Crippen LogP contribution in [0.15, 0.2) is 42.6 Å². The number of rotatable bonds is 8. The molecule has 13 heteroatoms. The molecule has 176 valence electrons. The van der Waals surface area contributed by atoms with Gasteiger partial charge in [-0.1, -0.05) is 30.3 Å². The van der Waals surface area contributed by atoms with Crippen LogP contribution >= 0.6 is 0 Å². The number of aromatic nitrogens is 1. The summed E-state index contributed by atoms with van der Waals surface area (Å²) in [7, 11) is -3.50. The van der Waals surface area contributed by atoms with E-state index in [1.54, 1.807) is 0 Å². The highest BCUT2D eigenvalue weighted by atomic mass is 32.2. The van der Waals surface area contributed by atoms with Crippen LogP contribution in [0, 0.1) is 0 Å². The van der Waals surface area contributed by atoms with Crippen molar-refractivity contribution < 1.29 is 41.4 Å². The van der Waals surface area contributed by atoms with Crippen molar-refractivity contribution in [3.05, 3.63) is 53.7 Å². The fraction of sp³-hybridized carbons (Fsp3) is 0.316. The van der Waals surface area contributed by atoms with Gasteiger partial charge in [0.1, 0.15) is 11.4 Å². The summed E-state index contributed by atoms with van der Waals surface area (Å²) in [6.07, 6.45) is -3.75. The summed E-state index contributed by atoms with van der Waals surface area (Å²) in [6.45, 7) is 4.47. The van der Waals surface area contributed by atoms with Crippen LogP contribution in [0.25, 0.3) is 0 Å². The monoisotopic (exact) mass is 477 g/mol. The third kappa shape index (κ3) is 8.41. The third-order valence-corrected chi connectivity index (χ3v) is 5.20. The molecule has 0 aliphatic carbocycles. The highest BCUT2D eigenvalue weighted by Crippen LogP contribution is 2.23. The first kappa shape index (κ1) is 26.7. The number of carboxylic acids is 2. The van der Waals surface area contributed by atoms with E-state index in [2.05, 4.69) is 9.71 Å². The van der Waals surface area contributed by atoms with E-state index < -0.39 is 28.1 Å². The lowest BCUT2D eigenvalue weighted by Gasteiger charge is -2.24. The molecule has 0 bridgehead atoms. The van der Waals surface area contributed by atoms with E-state index in [0.29, 0.717) is 18.9 Å². The summed E-state index contributed by atoms with van der Waals surface area (Å²) < 4.78 is 57.4. The quantitative estimate of drug-likeness (QED) is 0.527. The van der Waals surface area contributed by atoms with E-state index in [4.69, 9.17) is 9.90 Å². The molecule has 0 fully saturated rings. The number of hydrogen-bond acceptors (Lipinski definition) is 6. The molecule has 0 saturated heterocycles. The van der Waals surface area contributed by atoms with Crippen LogP contribution in [-0.2, 0) is 21.4 Å². The first-order chi connectivity index (χ1) is 14.8. The second kappa shape index (κ2) is 11.3. The van der Waals surface area contributed by atoms with Gasteiger partial charge < -0.3 is 15.1 Å². The van der Waals surface area contributed by atoms with Crippen molar-refractivity contribution in [2.75, 3.05) is 21.9 Å². The Bertz CT molecular complexity index is 1030. The Kier molecular flexibility index (Phi) is 9.44. The van der Waals surface area contributed by atoms with Gasteiger partial charge in [-0.2, -0.15) is 13.2 Å². The number of sulfonamides is 1. The number of benzene rings is 1. The Morgan fingerprint density at radius 1 is 1.12 bits per heavy atom. The number of halogens is 3. The average Bonchev–Trinajstić information content (AvgIpc) is 2.72. The van der Waals surface area contributed by atoms with Gasteiger partial charge in [-0.15, -0.1) is 0 Å². The van der Waals surface area contributed by atoms with Crippen molar-refractivity contribution in [3.8, 4) is 0 Å². The molecule has 1 aromatic heterocycles. The highest BCUT2D eigenvalue weighted by molar-refractivity contribution is 7.92. The molecule has 1 heterocycles. The van der Waals surface area contributed by atoms with E-state index in [1.807, 2.05) is 42.2 Å². The number of nitrogens with zero attached hydrogens (tertiary/aromatic N) is 2. The van der Waals surface area contributed by atoms with Crippen LogP contribution in [-0.4, -0.2) is 54.0 Å². The van der Waals surface area contributed by atoms with Crippen molar-refractivity contribution in [1.82, 2.24) is 4.98 Å². The van der Waals surface area contributed by atoms with Crippen molar-refractivity contribution in [3.63, 3.8) is 0 Å². The fourth-order valence-corrected chi connectivity index (χ4v) is 2.93. The summed E-state index contributed by atoms with van der Waals surface area (Å²) in [5.74, 6) is -3.72. The van der Waals surface area contributed by atoms with Gasteiger partial charge in [0, 0.05) is 13.1 Å². The van der Waals surface area contributed by atoms with Crippen LogP contribution in [0.4, 0.5) is 24.7 Å². The number of aromatic carboxylic acids is 1. The van der Waals surface area contributed by atoms with Crippen LogP contribution in [0.5, 0.6) is 0 Å². The van der Waals surface area contributed by atoms with Crippen molar-refractivity contribution >= 4 is 33.5 Å². The number of carboxylic acid groups (broad SMARTS) is 2. The predicted molar refractivity (Wildman–Crippen MR) is 111 cm³/mol. The zero-order chi connectivity index (χ0) is 24.5. The molecule has 1 aromatic carbocycles. The maximum Gasteiger partial charge on any atom is 0.490 e. The zero-order valence-electron chi connectivity index (χ0n) is 17.1. The molecule has 0 aliphatic rings. The van der Waals surface area contributed by atoms with Crippen molar-refractivity contribution in [1.29, 1.82) is 0 Å². The topological polar surface area (TPSA) is 137 Å². The fourth-order valence-electron chi connectivity index (χ4n) is 2.31. The van der Waals surface area contributed by atoms with Gasteiger partial charge in [0.05, 0.1) is 17.6 Å². The summed E-state index contributed by atoms with van der Waals surface area (Å²) in [6, 6.07) is 10.9. The van der Waals surface area contributed by atoms with Crippen molar-refractivity contribution in [2.24, 2.45) is 0 Å². The van der Waals surface area contributed by atoms with Crippen LogP contribution < -0.4 is 9.62 Å². The summed E-state index contributed by atoms with van der Waals surface area (Å²) in [4.78, 5) is 26.6. The molecule has 0 spiro atoms. The van der Waals surface area contributed by atoms with Crippen LogP contribution in [0.2, 0.25) is 0 Å². The van der Waals surface area contributed by atoms with Gasteiger partial charge in [0.15, 0.2) is 0 Å². The number of alkyl halides is 3. The molecule has 2 aromatic rings. The number of hydrogen-bond donors (Lipinski definition) is 3. The number of nitrogens with one attached hydrogen (secondary N) is 1. The molecule has 0 saturated carbocycles. The predicted octanol–water partition coefficient (Wildman–Crippen LogP) is 3.20. The van der Waals surface area contributed by atoms with Gasteiger partial charge >= 0.3 is 18.1 Å². The van der Waals surface area contributed by atoms with E-state index in [1.165, 1.54) is 19.2 Å². The summed E-state index contributed by atoms with van der Waals surface area (Å²) in [5, 5.41) is 16.6. The minimum Gasteiger partial charge on any atom is -0.478 e. The third-order valence-electron chi connectivity index (χ3n) is 3.89. The lowest BCUT2D eigenvalue weighted by Crippen LogP contribution is -2.26. The normalized spacial score (nSPS) is 11.2. The SMILES string of the molecule is CCN(Cc1ccccc1)c1ncc(NS(=O)(=O)CC)cc1C(=O)O.O=C(O)C(F)(F)F. The molecule has 32 heavy (non-hydrogen) atoms. The van der Waals surface area contributed by atoms with Crippen molar-refractivity contribution in [2.45, 2.75) is 26.6 Å². The first-order valence-electron chi connectivity index (χ1n) is 9.13. The molecule has 0 unspecified atom stereocenters. The van der Waals surface area contributed by atoms with E-state index in [-0.39, 0.29) is 17.0 Å². The Labute approximate surface area is 182 Å². The Morgan fingerprint density at radius 3 is 2.12 bits per heavy atom. The standard InChI is InChI=1S/C17H21N3O4S.C2HF3O2/c1-3-20(12-13-8-6-5-7-9-13)16-15(17(21)22)10-14(11-18-16)19-25(23,24)4-2;3-2(4,5)1(6)7/h5-11,19H,3-4,12H2,1-2H3,(H,21,22);(H,6,7). The molecule has 2 rings (SSSR count). The maximum atomic E-state index is 11.7. The van der Waals surface area contributed by atoms with E-state index in [0.717, 1.165) is 5.56 Å². The van der Waals surface area contributed by atoms with Gasteiger partial charge in [-0.3, -0.25) is 4.72 Å². The Balaban J connectivity index is 0.000000633. The second-order valence-corrected chi connectivity index (χ2v) is 8.22. The number of carbonyl (C=O) groups is 2. The number of pyridine rings is 1. The van der Waals surface area contributed by atoms with E-state index >= 15 is 0 Å². The van der Waals surface area contributed by atoms with Gasteiger partial charge in [-0.05, 0) is 25.5 Å². The molecule has 3 N–H and O–H groups in total. The molecule has 9 nitrogen and oxygen atoms in total. The molecule has 0 aliphatic heterocycles. The van der Waals surface area contributed by atoms with Crippen LogP contribution in [0.3, 0.4) is 0 Å².